The van der Waals surface area contributed by atoms with Gasteiger partial charge in [-0.05, 0) is 73.5 Å². The lowest BCUT2D eigenvalue weighted by Gasteiger charge is -2.02. The van der Waals surface area contributed by atoms with E-state index in [1.54, 1.807) is 61.2 Å². The SMILES string of the molecule is Cc1ccc(-c2ccc(S(=O)(=O)n3cccc3)s2)cc1.Cc1ccc(-c2ccc(S(=O)(=O)n3cccc3)s2)cc1. The molecule has 0 amide bonds. The van der Waals surface area contributed by atoms with E-state index >= 15 is 0 Å². The summed E-state index contributed by atoms with van der Waals surface area (Å²) in [6, 6.07) is 30.0. The van der Waals surface area contributed by atoms with Gasteiger partial charge in [0.05, 0.1) is 0 Å². The van der Waals surface area contributed by atoms with Crippen LogP contribution in [0.1, 0.15) is 11.1 Å². The van der Waals surface area contributed by atoms with Gasteiger partial charge in [-0.1, -0.05) is 59.7 Å². The summed E-state index contributed by atoms with van der Waals surface area (Å²) >= 11 is 2.58. The fraction of sp³-hybridized carbons (Fsp3) is 0.0667. The van der Waals surface area contributed by atoms with Crippen molar-refractivity contribution in [1.82, 2.24) is 7.94 Å². The number of aryl methyl sites for hydroxylation is 2. The zero-order valence-corrected chi connectivity index (χ0v) is 25.0. The molecule has 6 rings (SSSR count). The van der Waals surface area contributed by atoms with Gasteiger partial charge >= 0.3 is 0 Å². The first-order chi connectivity index (χ1) is 19.1. The van der Waals surface area contributed by atoms with Crippen LogP contribution in [0, 0.1) is 13.8 Å². The molecule has 10 heteroatoms. The molecule has 0 unspecified atom stereocenters. The summed E-state index contributed by atoms with van der Waals surface area (Å²) in [5, 5.41) is 0. The predicted molar refractivity (Wildman–Crippen MR) is 163 cm³/mol. The Morgan fingerprint density at radius 2 is 0.800 bits per heavy atom. The predicted octanol–water partition coefficient (Wildman–Crippen LogP) is 7.52. The van der Waals surface area contributed by atoms with Crippen LogP contribution in [-0.2, 0) is 20.0 Å². The van der Waals surface area contributed by atoms with E-state index in [4.69, 9.17) is 0 Å². The zero-order chi connectivity index (χ0) is 28.3. The van der Waals surface area contributed by atoms with Crippen LogP contribution in [0.15, 0.2) is 130 Å². The third-order valence-corrected chi connectivity index (χ3v) is 12.6. The molecule has 40 heavy (non-hydrogen) atoms. The van der Waals surface area contributed by atoms with Crippen molar-refractivity contribution in [3.8, 4) is 20.9 Å². The first kappa shape index (κ1) is 27.9. The molecule has 0 saturated carbocycles. The van der Waals surface area contributed by atoms with Crippen LogP contribution in [0.3, 0.4) is 0 Å². The van der Waals surface area contributed by atoms with E-state index in [-0.39, 0.29) is 0 Å². The van der Waals surface area contributed by atoms with Crippen molar-refractivity contribution in [3.63, 3.8) is 0 Å². The molecule has 4 heterocycles. The lowest BCUT2D eigenvalue weighted by molar-refractivity contribution is 0.588. The molecular formula is C30H26N2O4S4. The summed E-state index contributed by atoms with van der Waals surface area (Å²) in [4.78, 5) is 1.91. The highest BCUT2D eigenvalue weighted by Crippen LogP contribution is 2.33. The van der Waals surface area contributed by atoms with E-state index in [0.717, 1.165) is 20.9 Å². The maximum absolute atomic E-state index is 12.4. The van der Waals surface area contributed by atoms with Crippen LogP contribution in [0.2, 0.25) is 0 Å². The summed E-state index contributed by atoms with van der Waals surface area (Å²) in [6.07, 6.45) is 6.17. The van der Waals surface area contributed by atoms with Gasteiger partial charge in [-0.15, -0.1) is 22.7 Å². The highest BCUT2D eigenvalue weighted by molar-refractivity contribution is 7.92. The van der Waals surface area contributed by atoms with E-state index in [0.29, 0.717) is 8.42 Å². The Labute approximate surface area is 242 Å². The lowest BCUT2D eigenvalue weighted by Crippen LogP contribution is -2.08. The number of aromatic nitrogens is 2. The van der Waals surface area contributed by atoms with Crippen LogP contribution in [0.4, 0.5) is 0 Å². The van der Waals surface area contributed by atoms with E-state index in [1.165, 1.54) is 41.7 Å². The van der Waals surface area contributed by atoms with Gasteiger partial charge in [-0.3, -0.25) is 0 Å². The van der Waals surface area contributed by atoms with Gasteiger partial charge in [0.2, 0.25) is 0 Å². The number of hydrogen-bond donors (Lipinski definition) is 0. The number of rotatable bonds is 6. The van der Waals surface area contributed by atoms with Gasteiger partial charge in [-0.25, -0.2) is 7.94 Å². The summed E-state index contributed by atoms with van der Waals surface area (Å²) in [6.45, 7) is 4.06. The van der Waals surface area contributed by atoms with Gasteiger partial charge in [0.1, 0.15) is 8.42 Å². The van der Waals surface area contributed by atoms with Crippen LogP contribution >= 0.6 is 22.7 Å². The van der Waals surface area contributed by atoms with Gasteiger partial charge in [0, 0.05) is 34.5 Å². The molecule has 2 aromatic carbocycles. The van der Waals surface area contributed by atoms with Gasteiger partial charge in [0.25, 0.3) is 20.0 Å². The first-order valence-electron chi connectivity index (χ1n) is 12.3. The summed E-state index contributed by atoms with van der Waals surface area (Å²) in [5.74, 6) is 0. The van der Waals surface area contributed by atoms with E-state index in [2.05, 4.69) is 0 Å². The molecule has 6 nitrogen and oxygen atoms in total. The Morgan fingerprint density at radius 3 is 1.12 bits per heavy atom. The Morgan fingerprint density at radius 1 is 0.475 bits per heavy atom. The first-order valence-corrected chi connectivity index (χ1v) is 16.8. The molecule has 0 aliphatic carbocycles. The topological polar surface area (TPSA) is 78.1 Å². The Balaban J connectivity index is 0.000000161. The third-order valence-electron chi connectivity index (χ3n) is 6.05. The molecule has 0 bridgehead atoms. The average molecular weight is 607 g/mol. The largest absolute Gasteiger partial charge is 0.277 e. The number of thiophene rings is 2. The molecule has 0 aliphatic heterocycles. The standard InChI is InChI=1S/2C15H13NO2S2/c2*1-12-4-6-13(7-5-12)14-8-9-15(19-14)20(17,18)16-10-2-3-11-16/h2*2-11H,1H3. The van der Waals surface area contributed by atoms with Gasteiger partial charge < -0.3 is 0 Å². The maximum Gasteiger partial charge on any atom is 0.277 e. The minimum Gasteiger partial charge on any atom is -0.248 e. The minimum absolute atomic E-state index is 0.351. The third kappa shape index (κ3) is 5.90. The second kappa shape index (κ2) is 11.4. The number of benzene rings is 2. The van der Waals surface area contributed by atoms with Crippen molar-refractivity contribution in [2.45, 2.75) is 22.3 Å². The molecule has 0 N–H and O–H groups in total. The minimum atomic E-state index is -3.46. The molecule has 0 fully saturated rings. The molecule has 0 aliphatic rings. The normalized spacial score (nSPS) is 11.7. The van der Waals surface area contributed by atoms with E-state index in [9.17, 15) is 16.8 Å². The monoisotopic (exact) mass is 606 g/mol. The van der Waals surface area contributed by atoms with Gasteiger partial charge in [0.15, 0.2) is 0 Å². The quantitative estimate of drug-likeness (QED) is 0.196. The summed E-state index contributed by atoms with van der Waals surface area (Å²) in [5.41, 5.74) is 4.44. The van der Waals surface area contributed by atoms with Crippen LogP contribution in [-0.4, -0.2) is 24.8 Å². The van der Waals surface area contributed by atoms with Crippen LogP contribution < -0.4 is 0 Å². The Kier molecular flexibility index (Phi) is 7.95. The van der Waals surface area contributed by atoms with Crippen LogP contribution in [0.5, 0.6) is 0 Å². The average Bonchev–Trinajstić information content (AvgIpc) is 3.78. The molecule has 0 radical (unpaired) electrons. The van der Waals surface area contributed by atoms with Crippen LogP contribution in [0.25, 0.3) is 20.9 Å². The second-order valence-electron chi connectivity index (χ2n) is 9.01. The summed E-state index contributed by atoms with van der Waals surface area (Å²) < 4.78 is 52.6. The second-order valence-corrected chi connectivity index (χ2v) is 15.3. The molecule has 6 aromatic rings. The molecular weight excluding hydrogens is 581 g/mol. The van der Waals surface area contributed by atoms with Gasteiger partial charge in [-0.2, -0.15) is 16.8 Å². The molecule has 0 saturated heterocycles. The highest BCUT2D eigenvalue weighted by Gasteiger charge is 2.19. The molecule has 4 aromatic heterocycles. The van der Waals surface area contributed by atoms with E-state index in [1.807, 2.05) is 74.5 Å². The van der Waals surface area contributed by atoms with Crippen molar-refractivity contribution >= 4 is 42.7 Å². The zero-order valence-electron chi connectivity index (χ0n) is 21.7. The number of hydrogen-bond acceptors (Lipinski definition) is 6. The Hall–Kier alpha value is -3.70. The van der Waals surface area contributed by atoms with Crippen molar-refractivity contribution in [3.05, 3.63) is 133 Å². The van der Waals surface area contributed by atoms with E-state index < -0.39 is 20.0 Å². The number of nitrogens with zero attached hydrogens (tertiary/aromatic N) is 2. The van der Waals surface area contributed by atoms with Crippen molar-refractivity contribution < 1.29 is 16.8 Å². The maximum atomic E-state index is 12.4. The smallest absolute Gasteiger partial charge is 0.248 e. The molecule has 0 spiro atoms. The lowest BCUT2D eigenvalue weighted by atomic mass is 10.1. The molecule has 0 atom stereocenters. The Bertz CT molecular complexity index is 1770. The van der Waals surface area contributed by atoms with Crippen molar-refractivity contribution in [1.29, 1.82) is 0 Å². The molecule has 204 valence electrons. The highest BCUT2D eigenvalue weighted by atomic mass is 32.3. The van der Waals surface area contributed by atoms with Crippen molar-refractivity contribution in [2.75, 3.05) is 0 Å². The van der Waals surface area contributed by atoms with Crippen molar-refractivity contribution in [2.24, 2.45) is 0 Å². The summed E-state index contributed by atoms with van der Waals surface area (Å²) in [7, 11) is -6.91. The fourth-order valence-electron chi connectivity index (χ4n) is 3.83. The fourth-order valence-corrected chi connectivity index (χ4v) is 9.03.